The monoisotopic (exact) mass is 396 g/mol. The molecule has 27 heavy (non-hydrogen) atoms. The van der Waals surface area contributed by atoms with Crippen LogP contribution in [0.5, 0.6) is 0 Å². The largest absolute Gasteiger partial charge is 0.356 e. The number of sulfonamides is 1. The molecule has 0 fully saturated rings. The predicted octanol–water partition coefficient (Wildman–Crippen LogP) is 4.18. The van der Waals surface area contributed by atoms with Gasteiger partial charge < -0.3 is 5.32 Å². The lowest BCUT2D eigenvalue weighted by Crippen LogP contribution is -2.33. The van der Waals surface area contributed by atoms with E-state index in [1.54, 1.807) is 0 Å². The number of carbonyl (C=O) groups excluding carboxylic acids is 1. The molecule has 0 aliphatic heterocycles. The van der Waals surface area contributed by atoms with Gasteiger partial charge in [-0.2, -0.15) is 0 Å². The fraction of sp³-hybridized carbons (Fsp3) is 0.667. The van der Waals surface area contributed by atoms with Crippen LogP contribution in [0.25, 0.3) is 0 Å². The second-order valence-electron chi connectivity index (χ2n) is 7.45. The highest BCUT2D eigenvalue weighted by atomic mass is 32.2. The third-order valence-electron chi connectivity index (χ3n) is 4.93. The van der Waals surface area contributed by atoms with Crippen molar-refractivity contribution in [1.29, 1.82) is 0 Å². The Balaban J connectivity index is 2.60. The van der Waals surface area contributed by atoms with Gasteiger partial charge in [0.15, 0.2) is 0 Å². The lowest BCUT2D eigenvalue weighted by molar-refractivity contribution is -0.121. The number of unbranched alkanes of at least 4 members (excludes halogenated alkanes) is 1. The Morgan fingerprint density at radius 3 is 2.48 bits per heavy atom. The lowest BCUT2D eigenvalue weighted by Gasteiger charge is -2.24. The van der Waals surface area contributed by atoms with Gasteiger partial charge in [-0.25, -0.2) is 8.42 Å². The molecule has 6 heteroatoms. The van der Waals surface area contributed by atoms with Crippen LogP contribution in [0.1, 0.15) is 63.5 Å². The second-order valence-corrected chi connectivity index (χ2v) is 9.36. The summed E-state index contributed by atoms with van der Waals surface area (Å²) in [6, 6.07) is 5.78. The number of aryl methyl sites for hydroxylation is 2. The number of amides is 1. The molecule has 5 nitrogen and oxygen atoms in total. The summed E-state index contributed by atoms with van der Waals surface area (Å²) < 4.78 is 25.9. The van der Waals surface area contributed by atoms with E-state index in [9.17, 15) is 13.2 Å². The van der Waals surface area contributed by atoms with Crippen LogP contribution in [0, 0.1) is 19.8 Å². The summed E-state index contributed by atoms with van der Waals surface area (Å²) in [6.45, 7) is 9.20. The Labute approximate surface area is 165 Å². The highest BCUT2D eigenvalue weighted by Gasteiger charge is 2.19. The number of hydrogen-bond donors (Lipinski definition) is 1. The number of carbonyl (C=O) groups is 1. The molecular weight excluding hydrogens is 360 g/mol. The van der Waals surface area contributed by atoms with Crippen LogP contribution in [0.3, 0.4) is 0 Å². The van der Waals surface area contributed by atoms with Gasteiger partial charge in [0.25, 0.3) is 0 Å². The number of anilines is 1. The van der Waals surface area contributed by atoms with Gasteiger partial charge in [-0.1, -0.05) is 45.2 Å². The Kier molecular flexibility index (Phi) is 9.84. The maximum atomic E-state index is 12.3. The molecule has 0 saturated heterocycles. The molecule has 1 aromatic rings. The molecule has 0 heterocycles. The van der Waals surface area contributed by atoms with E-state index in [4.69, 9.17) is 0 Å². The first kappa shape index (κ1) is 23.5. The summed E-state index contributed by atoms with van der Waals surface area (Å²) in [5.41, 5.74) is 2.63. The zero-order valence-corrected chi connectivity index (χ0v) is 18.4. The van der Waals surface area contributed by atoms with Gasteiger partial charge in [-0.05, 0) is 49.8 Å². The molecule has 0 spiro atoms. The minimum absolute atomic E-state index is 0.000589. The zero-order chi connectivity index (χ0) is 20.4. The molecule has 1 aromatic carbocycles. The topological polar surface area (TPSA) is 66.5 Å². The molecule has 0 aromatic heterocycles. The van der Waals surface area contributed by atoms with E-state index in [1.165, 1.54) is 23.4 Å². The highest BCUT2D eigenvalue weighted by Crippen LogP contribution is 2.24. The summed E-state index contributed by atoms with van der Waals surface area (Å²) in [5, 5.41) is 3.01. The first-order valence-electron chi connectivity index (χ1n) is 10.0. The van der Waals surface area contributed by atoms with E-state index in [0.717, 1.165) is 24.0 Å². The minimum Gasteiger partial charge on any atom is -0.356 e. The van der Waals surface area contributed by atoms with Crippen molar-refractivity contribution in [2.75, 3.05) is 23.7 Å². The summed E-state index contributed by atoms with van der Waals surface area (Å²) >= 11 is 0. The van der Waals surface area contributed by atoms with Gasteiger partial charge in [-0.15, -0.1) is 0 Å². The molecule has 1 N–H and O–H groups in total. The molecule has 0 radical (unpaired) electrons. The fourth-order valence-corrected chi connectivity index (χ4v) is 4.14. The first-order valence-corrected chi connectivity index (χ1v) is 11.9. The molecule has 154 valence electrons. The standard InChI is InChI=1S/C21H36N2O3S/c1-6-8-10-19(7-2)16-22-21(24)11-9-14-23(27(5,25)26)20-15-17(3)12-13-18(20)4/h12-13,15,19H,6-11,14,16H2,1-5H3,(H,22,24). The van der Waals surface area contributed by atoms with Crippen molar-refractivity contribution in [3.8, 4) is 0 Å². The lowest BCUT2D eigenvalue weighted by atomic mass is 9.99. The SMILES string of the molecule is CCCCC(CC)CNC(=O)CCCN(c1cc(C)ccc1C)S(C)(=O)=O. The predicted molar refractivity (Wildman–Crippen MR) is 114 cm³/mol. The smallest absolute Gasteiger partial charge is 0.232 e. The van der Waals surface area contributed by atoms with Gasteiger partial charge in [0, 0.05) is 19.5 Å². The molecule has 1 unspecified atom stereocenters. The number of nitrogens with zero attached hydrogens (tertiary/aromatic N) is 1. The van der Waals surface area contributed by atoms with Crippen molar-refractivity contribution < 1.29 is 13.2 Å². The van der Waals surface area contributed by atoms with Gasteiger partial charge in [-0.3, -0.25) is 9.10 Å². The van der Waals surface area contributed by atoms with Crippen molar-refractivity contribution >= 4 is 21.6 Å². The van der Waals surface area contributed by atoms with Crippen molar-refractivity contribution in [3.63, 3.8) is 0 Å². The van der Waals surface area contributed by atoms with E-state index in [0.29, 0.717) is 37.5 Å². The van der Waals surface area contributed by atoms with Crippen molar-refractivity contribution in [1.82, 2.24) is 5.32 Å². The van der Waals surface area contributed by atoms with Crippen molar-refractivity contribution in [2.45, 2.75) is 66.2 Å². The molecule has 0 aliphatic rings. The van der Waals surface area contributed by atoms with Crippen LogP contribution in [0.2, 0.25) is 0 Å². The third-order valence-corrected chi connectivity index (χ3v) is 6.11. The average Bonchev–Trinajstić information content (AvgIpc) is 2.60. The van der Waals surface area contributed by atoms with Crippen LogP contribution in [-0.2, 0) is 14.8 Å². The third kappa shape index (κ3) is 8.33. The fourth-order valence-electron chi connectivity index (χ4n) is 3.13. The Hall–Kier alpha value is -1.56. The number of hydrogen-bond acceptors (Lipinski definition) is 3. The Morgan fingerprint density at radius 1 is 1.19 bits per heavy atom. The summed E-state index contributed by atoms with van der Waals surface area (Å²) in [4.78, 5) is 12.1. The quantitative estimate of drug-likeness (QED) is 0.576. The maximum absolute atomic E-state index is 12.3. The van der Waals surface area contributed by atoms with Crippen LogP contribution in [-0.4, -0.2) is 33.7 Å². The number of benzene rings is 1. The van der Waals surface area contributed by atoms with Gasteiger partial charge >= 0.3 is 0 Å². The number of nitrogens with one attached hydrogen (secondary N) is 1. The van der Waals surface area contributed by atoms with E-state index in [1.807, 2.05) is 32.0 Å². The molecule has 0 aliphatic carbocycles. The number of rotatable bonds is 12. The zero-order valence-electron chi connectivity index (χ0n) is 17.5. The van der Waals surface area contributed by atoms with E-state index in [-0.39, 0.29) is 5.91 Å². The van der Waals surface area contributed by atoms with E-state index >= 15 is 0 Å². The molecule has 0 bridgehead atoms. The Bertz CT molecular complexity index is 701. The van der Waals surface area contributed by atoms with Crippen molar-refractivity contribution in [3.05, 3.63) is 29.3 Å². The first-order chi connectivity index (χ1) is 12.7. The molecular formula is C21H36N2O3S. The summed E-state index contributed by atoms with van der Waals surface area (Å²) in [5.74, 6) is 0.524. The summed E-state index contributed by atoms with van der Waals surface area (Å²) in [6.07, 6.45) is 6.61. The van der Waals surface area contributed by atoms with Crippen LogP contribution < -0.4 is 9.62 Å². The van der Waals surface area contributed by atoms with Gasteiger partial charge in [0.05, 0.1) is 11.9 Å². The highest BCUT2D eigenvalue weighted by molar-refractivity contribution is 7.92. The van der Waals surface area contributed by atoms with Crippen LogP contribution in [0.15, 0.2) is 18.2 Å². The second kappa shape index (κ2) is 11.3. The Morgan fingerprint density at radius 2 is 1.89 bits per heavy atom. The molecule has 1 amide bonds. The van der Waals surface area contributed by atoms with E-state index < -0.39 is 10.0 Å². The normalized spacial score (nSPS) is 12.6. The average molecular weight is 397 g/mol. The van der Waals surface area contributed by atoms with Crippen LogP contribution >= 0.6 is 0 Å². The molecule has 0 saturated carbocycles. The van der Waals surface area contributed by atoms with Gasteiger partial charge in [0.2, 0.25) is 15.9 Å². The molecule has 1 atom stereocenters. The minimum atomic E-state index is -3.39. The molecule has 1 rings (SSSR count). The van der Waals surface area contributed by atoms with Crippen molar-refractivity contribution in [2.24, 2.45) is 5.92 Å². The maximum Gasteiger partial charge on any atom is 0.232 e. The van der Waals surface area contributed by atoms with Crippen LogP contribution in [0.4, 0.5) is 5.69 Å². The van der Waals surface area contributed by atoms with Gasteiger partial charge in [0.1, 0.15) is 0 Å². The summed E-state index contributed by atoms with van der Waals surface area (Å²) in [7, 11) is -3.39. The van der Waals surface area contributed by atoms with E-state index in [2.05, 4.69) is 19.2 Å².